The highest BCUT2D eigenvalue weighted by molar-refractivity contribution is 7.92. The number of unbranched alkanes of at least 4 members (excludes halogenated alkanes) is 1. The average molecular weight is 365 g/mol. The Morgan fingerprint density at radius 3 is 2.36 bits per heavy atom. The van der Waals surface area contributed by atoms with E-state index in [1.165, 1.54) is 21.0 Å². The summed E-state index contributed by atoms with van der Waals surface area (Å²) in [6, 6.07) is 7.20. The van der Waals surface area contributed by atoms with Crippen LogP contribution in [0.15, 0.2) is 33.6 Å². The van der Waals surface area contributed by atoms with E-state index in [-0.39, 0.29) is 22.0 Å². The number of hydrogen-bond donors (Lipinski definition) is 1. The van der Waals surface area contributed by atoms with Crippen LogP contribution in [0.5, 0.6) is 0 Å². The molecule has 7 heteroatoms. The molecule has 0 spiro atoms. The number of carbonyl (C=O) groups excluding carboxylic acids is 1. The highest BCUT2D eigenvalue weighted by atomic mass is 32.2. The van der Waals surface area contributed by atoms with Crippen LogP contribution >= 0.6 is 0 Å². The van der Waals surface area contributed by atoms with Crippen LogP contribution in [0, 0.1) is 13.8 Å². The van der Waals surface area contributed by atoms with Crippen molar-refractivity contribution in [2.75, 3.05) is 11.8 Å². The molecule has 0 amide bonds. The molecular weight excluding hydrogens is 342 g/mol. The molecule has 136 valence electrons. The quantitative estimate of drug-likeness (QED) is 0.754. The lowest BCUT2D eigenvalue weighted by atomic mass is 10.1. The Kier molecular flexibility index (Phi) is 5.89. The van der Waals surface area contributed by atoms with Gasteiger partial charge in [-0.05, 0) is 44.4 Å². The fraction of sp³-hybridized carbons (Fsp3) is 0.389. The van der Waals surface area contributed by atoms with Crippen LogP contribution in [0.25, 0.3) is 0 Å². The van der Waals surface area contributed by atoms with Gasteiger partial charge in [0, 0.05) is 5.69 Å². The largest absolute Gasteiger partial charge is 0.465 e. The van der Waals surface area contributed by atoms with Crippen molar-refractivity contribution in [1.29, 1.82) is 0 Å². The van der Waals surface area contributed by atoms with Crippen LogP contribution in [0.1, 0.15) is 47.2 Å². The minimum Gasteiger partial charge on any atom is -0.465 e. The monoisotopic (exact) mass is 365 g/mol. The van der Waals surface area contributed by atoms with Crippen molar-refractivity contribution in [3.8, 4) is 0 Å². The number of furan rings is 1. The predicted octanol–water partition coefficient (Wildman–Crippen LogP) is 3.83. The van der Waals surface area contributed by atoms with Crippen molar-refractivity contribution < 1.29 is 22.4 Å². The van der Waals surface area contributed by atoms with E-state index in [0.29, 0.717) is 5.69 Å². The maximum absolute atomic E-state index is 12.8. The summed E-state index contributed by atoms with van der Waals surface area (Å²) in [7, 11) is -2.79. The minimum absolute atomic E-state index is 0.0768. The molecule has 0 bridgehead atoms. The van der Waals surface area contributed by atoms with E-state index in [1.807, 2.05) is 12.1 Å². The van der Waals surface area contributed by atoms with Crippen molar-refractivity contribution in [3.63, 3.8) is 0 Å². The fourth-order valence-electron chi connectivity index (χ4n) is 2.65. The molecule has 25 heavy (non-hydrogen) atoms. The summed E-state index contributed by atoms with van der Waals surface area (Å²) in [6.07, 6.45) is 3.14. The number of rotatable bonds is 7. The average Bonchev–Trinajstić information content (AvgIpc) is 2.88. The summed E-state index contributed by atoms with van der Waals surface area (Å²) in [5.74, 6) is -0.394. The van der Waals surface area contributed by atoms with E-state index in [1.54, 1.807) is 12.1 Å². The molecule has 0 aliphatic carbocycles. The van der Waals surface area contributed by atoms with Crippen molar-refractivity contribution in [2.45, 2.75) is 44.9 Å². The van der Waals surface area contributed by atoms with Gasteiger partial charge < -0.3 is 9.15 Å². The predicted molar refractivity (Wildman–Crippen MR) is 95.4 cm³/mol. The Balaban J connectivity index is 2.32. The highest BCUT2D eigenvalue weighted by Gasteiger charge is 2.31. The van der Waals surface area contributed by atoms with Crippen molar-refractivity contribution >= 4 is 21.7 Å². The Hall–Kier alpha value is -2.28. The zero-order valence-electron chi connectivity index (χ0n) is 14.9. The van der Waals surface area contributed by atoms with Gasteiger partial charge in [-0.2, -0.15) is 0 Å². The molecule has 0 aliphatic heterocycles. The first-order valence-corrected chi connectivity index (χ1v) is 9.58. The molecule has 1 N–H and O–H groups in total. The third-order valence-electron chi connectivity index (χ3n) is 3.89. The minimum atomic E-state index is -3.98. The van der Waals surface area contributed by atoms with Crippen LogP contribution in [0.2, 0.25) is 0 Å². The highest BCUT2D eigenvalue weighted by Crippen LogP contribution is 2.29. The van der Waals surface area contributed by atoms with Gasteiger partial charge in [0.15, 0.2) is 0 Å². The number of ether oxygens (including phenoxy) is 1. The summed E-state index contributed by atoms with van der Waals surface area (Å²) < 4.78 is 38.0. The van der Waals surface area contributed by atoms with Crippen LogP contribution < -0.4 is 4.72 Å². The molecule has 2 rings (SSSR count). The topological polar surface area (TPSA) is 85.6 Å². The van der Waals surface area contributed by atoms with Crippen LogP contribution in [0.3, 0.4) is 0 Å². The van der Waals surface area contributed by atoms with Gasteiger partial charge in [0.2, 0.25) is 0 Å². The van der Waals surface area contributed by atoms with E-state index < -0.39 is 16.0 Å². The number of carbonyl (C=O) groups is 1. The lowest BCUT2D eigenvalue weighted by Gasteiger charge is -2.10. The molecule has 6 nitrogen and oxygen atoms in total. The van der Waals surface area contributed by atoms with Gasteiger partial charge in [-0.15, -0.1) is 0 Å². The molecule has 0 unspecified atom stereocenters. The number of esters is 1. The standard InChI is InChI=1S/C18H23NO5S/c1-5-6-7-14-8-10-15(11-9-14)19-25(21,22)17-13(3)24-12(2)16(17)18(20)23-4/h8-11,19H,5-7H2,1-4H3. The number of aryl methyl sites for hydroxylation is 3. The van der Waals surface area contributed by atoms with Crippen molar-refractivity contribution in [2.24, 2.45) is 0 Å². The Morgan fingerprint density at radius 1 is 1.16 bits per heavy atom. The summed E-state index contributed by atoms with van der Waals surface area (Å²) in [6.45, 7) is 5.15. The number of benzene rings is 1. The first-order chi connectivity index (χ1) is 11.8. The smallest absolute Gasteiger partial charge is 0.342 e. The number of hydrogen-bond acceptors (Lipinski definition) is 5. The first kappa shape index (κ1) is 19.1. The molecule has 0 aliphatic rings. The second-order valence-corrected chi connectivity index (χ2v) is 7.44. The summed E-state index contributed by atoms with van der Waals surface area (Å²) in [5, 5.41) is 0. The third kappa shape index (κ3) is 4.22. The first-order valence-electron chi connectivity index (χ1n) is 8.10. The molecule has 2 aromatic rings. The second kappa shape index (κ2) is 7.74. The van der Waals surface area contributed by atoms with Gasteiger partial charge in [-0.25, -0.2) is 13.2 Å². The number of methoxy groups -OCH3 is 1. The molecule has 1 aromatic heterocycles. The van der Waals surface area contributed by atoms with Gasteiger partial charge >= 0.3 is 5.97 Å². The number of anilines is 1. The van der Waals surface area contributed by atoms with Gasteiger partial charge in [-0.3, -0.25) is 4.72 Å². The lowest BCUT2D eigenvalue weighted by molar-refractivity contribution is 0.0595. The van der Waals surface area contributed by atoms with E-state index in [9.17, 15) is 13.2 Å². The third-order valence-corrected chi connectivity index (χ3v) is 5.42. The molecule has 0 atom stereocenters. The van der Waals surface area contributed by atoms with Crippen LogP contribution in [0.4, 0.5) is 5.69 Å². The fourth-order valence-corrected chi connectivity index (χ4v) is 4.12. The van der Waals surface area contributed by atoms with Crippen molar-refractivity contribution in [3.05, 3.63) is 46.9 Å². The van der Waals surface area contributed by atoms with E-state index >= 15 is 0 Å². The second-order valence-electron chi connectivity index (χ2n) is 5.82. The zero-order chi connectivity index (χ0) is 18.6. The summed E-state index contributed by atoms with van der Waals surface area (Å²) in [5.41, 5.74) is 1.50. The van der Waals surface area contributed by atoms with Gasteiger partial charge in [0.05, 0.1) is 7.11 Å². The maximum Gasteiger partial charge on any atom is 0.342 e. The van der Waals surface area contributed by atoms with E-state index in [2.05, 4.69) is 16.4 Å². The Bertz CT molecular complexity index is 850. The Labute approximate surface area is 148 Å². The number of sulfonamides is 1. The van der Waals surface area contributed by atoms with E-state index in [0.717, 1.165) is 24.8 Å². The van der Waals surface area contributed by atoms with Gasteiger partial charge in [0.25, 0.3) is 10.0 Å². The molecule has 0 radical (unpaired) electrons. The molecule has 1 aromatic carbocycles. The molecule has 0 saturated heterocycles. The summed E-state index contributed by atoms with van der Waals surface area (Å²) in [4.78, 5) is 11.8. The zero-order valence-corrected chi connectivity index (χ0v) is 15.7. The molecule has 0 saturated carbocycles. The lowest BCUT2D eigenvalue weighted by Crippen LogP contribution is -2.17. The number of nitrogens with one attached hydrogen (secondary N) is 1. The molecule has 0 fully saturated rings. The maximum atomic E-state index is 12.8. The van der Waals surface area contributed by atoms with Crippen LogP contribution in [-0.4, -0.2) is 21.5 Å². The molecule has 1 heterocycles. The normalized spacial score (nSPS) is 11.4. The molecular formula is C18H23NO5S. The van der Waals surface area contributed by atoms with Gasteiger partial charge in [-0.1, -0.05) is 25.5 Å². The SMILES string of the molecule is CCCCc1ccc(NS(=O)(=O)c2c(C)oc(C)c2C(=O)OC)cc1. The van der Waals surface area contributed by atoms with E-state index in [4.69, 9.17) is 4.42 Å². The van der Waals surface area contributed by atoms with Crippen LogP contribution in [-0.2, 0) is 21.2 Å². The van der Waals surface area contributed by atoms with Gasteiger partial charge in [0.1, 0.15) is 22.0 Å². The Morgan fingerprint density at radius 2 is 1.80 bits per heavy atom. The van der Waals surface area contributed by atoms with Crippen molar-refractivity contribution in [1.82, 2.24) is 0 Å². The summed E-state index contributed by atoms with van der Waals surface area (Å²) >= 11 is 0.